The van der Waals surface area contributed by atoms with Crippen LogP contribution in [0.15, 0.2) is 12.3 Å². The fourth-order valence-electron chi connectivity index (χ4n) is 2.49. The molecule has 0 aromatic heterocycles. The fraction of sp³-hybridized carbons (Fsp3) is 0.800. The molecule has 3 heteroatoms. The van der Waals surface area contributed by atoms with Crippen LogP contribution in [0.4, 0.5) is 0 Å². The molecule has 1 unspecified atom stereocenters. The van der Waals surface area contributed by atoms with Gasteiger partial charge in [-0.2, -0.15) is 0 Å². The van der Waals surface area contributed by atoms with Crippen LogP contribution in [-0.2, 0) is 9.53 Å². The lowest BCUT2D eigenvalue weighted by atomic mass is 10.0. The molecule has 3 nitrogen and oxygen atoms in total. The lowest BCUT2D eigenvalue weighted by Gasteiger charge is -2.30. The van der Waals surface area contributed by atoms with Gasteiger partial charge in [0, 0.05) is 25.2 Å². The van der Waals surface area contributed by atoms with Gasteiger partial charge in [0.2, 0.25) is 0 Å². The van der Waals surface area contributed by atoms with Crippen LogP contribution in [0, 0.1) is 11.8 Å². The van der Waals surface area contributed by atoms with Gasteiger partial charge < -0.3 is 9.64 Å². The molecule has 0 aromatic carbocycles. The number of methoxy groups -OCH3 is 1. The zero-order valence-corrected chi connectivity index (χ0v) is 12.2. The number of likely N-dealkylation sites (tertiary alicyclic amines) is 1. The third-order valence-electron chi connectivity index (χ3n) is 4.06. The summed E-state index contributed by atoms with van der Waals surface area (Å²) in [5.41, 5.74) is 1.41. The number of esters is 1. The summed E-state index contributed by atoms with van der Waals surface area (Å²) >= 11 is 0. The third kappa shape index (κ3) is 4.35. The van der Waals surface area contributed by atoms with Crippen LogP contribution in [0.2, 0.25) is 0 Å². The van der Waals surface area contributed by atoms with E-state index in [9.17, 15) is 4.79 Å². The van der Waals surface area contributed by atoms with Gasteiger partial charge in [0.25, 0.3) is 0 Å². The molecule has 0 bridgehead atoms. The van der Waals surface area contributed by atoms with Gasteiger partial charge in [0.15, 0.2) is 0 Å². The molecule has 0 radical (unpaired) electrons. The normalized spacial score (nSPS) is 24.0. The zero-order chi connectivity index (χ0) is 13.7. The highest BCUT2D eigenvalue weighted by Gasteiger charge is 2.33. The summed E-state index contributed by atoms with van der Waals surface area (Å²) in [6.45, 7) is 11.6. The van der Waals surface area contributed by atoms with Crippen LogP contribution < -0.4 is 0 Å². The topological polar surface area (TPSA) is 29.5 Å². The van der Waals surface area contributed by atoms with E-state index in [4.69, 9.17) is 0 Å². The van der Waals surface area contributed by atoms with Crippen molar-refractivity contribution in [3.05, 3.63) is 12.3 Å². The molecular weight excluding hydrogens is 226 g/mol. The Morgan fingerprint density at radius 1 is 1.39 bits per heavy atom. The number of hydrogen-bond donors (Lipinski definition) is 0. The molecule has 18 heavy (non-hydrogen) atoms. The third-order valence-corrected chi connectivity index (χ3v) is 4.06. The average molecular weight is 253 g/mol. The Labute approximate surface area is 111 Å². The van der Waals surface area contributed by atoms with Gasteiger partial charge in [-0.15, -0.1) is 0 Å². The van der Waals surface area contributed by atoms with Crippen molar-refractivity contribution in [2.45, 2.75) is 52.5 Å². The summed E-state index contributed by atoms with van der Waals surface area (Å²) in [5, 5.41) is 0. The fourth-order valence-corrected chi connectivity index (χ4v) is 2.49. The van der Waals surface area contributed by atoms with Gasteiger partial charge in [-0.25, -0.2) is 0 Å². The Bertz CT molecular complexity index is 297. The summed E-state index contributed by atoms with van der Waals surface area (Å²) < 4.78 is 4.11. The van der Waals surface area contributed by atoms with E-state index < -0.39 is 0 Å². The molecule has 2 fully saturated rings. The lowest BCUT2D eigenvalue weighted by molar-refractivity contribution is -0.137. The van der Waals surface area contributed by atoms with E-state index in [2.05, 4.69) is 30.1 Å². The Morgan fingerprint density at radius 3 is 2.28 bits per heavy atom. The van der Waals surface area contributed by atoms with Crippen molar-refractivity contribution in [1.82, 2.24) is 4.90 Å². The first-order valence-corrected chi connectivity index (χ1v) is 6.97. The summed E-state index contributed by atoms with van der Waals surface area (Å²) in [6, 6.07) is 0.744. The van der Waals surface area contributed by atoms with Crippen LogP contribution in [0.1, 0.15) is 46.5 Å². The number of carbonyl (C=O) groups excluding carboxylic acids is 1. The highest BCUT2D eigenvalue weighted by Crippen LogP contribution is 2.41. The van der Waals surface area contributed by atoms with Crippen molar-refractivity contribution >= 4 is 5.97 Å². The highest BCUT2D eigenvalue weighted by molar-refractivity contribution is 5.65. The Balaban J connectivity index is 0.000000280. The van der Waals surface area contributed by atoms with E-state index in [0.29, 0.717) is 0 Å². The quantitative estimate of drug-likeness (QED) is 0.723. The first kappa shape index (κ1) is 15.1. The lowest BCUT2D eigenvalue weighted by Crippen LogP contribution is -2.29. The number of rotatable bonds is 3. The van der Waals surface area contributed by atoms with E-state index in [0.717, 1.165) is 17.9 Å². The summed E-state index contributed by atoms with van der Waals surface area (Å²) in [5.74, 6) is 1.45. The predicted molar refractivity (Wildman–Crippen MR) is 74.1 cm³/mol. The van der Waals surface area contributed by atoms with Gasteiger partial charge in [0.1, 0.15) is 0 Å². The SMILES string of the molecule is C=C(C(C)C1CC1)N1CCC[C@H]1C.COC(C)=O. The van der Waals surface area contributed by atoms with Gasteiger partial charge in [-0.1, -0.05) is 13.5 Å². The molecular formula is C15H27NO2. The number of ether oxygens (including phenoxy) is 1. The van der Waals surface area contributed by atoms with Crippen molar-refractivity contribution in [1.29, 1.82) is 0 Å². The molecule has 0 spiro atoms. The summed E-state index contributed by atoms with van der Waals surface area (Å²) in [4.78, 5) is 12.1. The maximum absolute atomic E-state index is 9.59. The molecule has 1 aliphatic carbocycles. The maximum atomic E-state index is 9.59. The molecule has 104 valence electrons. The number of allylic oxidation sites excluding steroid dienone is 1. The Morgan fingerprint density at radius 2 is 1.94 bits per heavy atom. The minimum absolute atomic E-state index is 0.245. The van der Waals surface area contributed by atoms with E-state index in [1.54, 1.807) is 0 Å². The van der Waals surface area contributed by atoms with Crippen molar-refractivity contribution in [3.63, 3.8) is 0 Å². The van der Waals surface area contributed by atoms with Gasteiger partial charge in [0.05, 0.1) is 7.11 Å². The summed E-state index contributed by atoms with van der Waals surface area (Å²) in [6.07, 6.45) is 5.58. The van der Waals surface area contributed by atoms with E-state index in [1.165, 1.54) is 52.0 Å². The molecule has 1 heterocycles. The first-order chi connectivity index (χ1) is 8.47. The van der Waals surface area contributed by atoms with Crippen LogP contribution in [0.25, 0.3) is 0 Å². The van der Waals surface area contributed by atoms with Gasteiger partial charge in [-0.3, -0.25) is 4.79 Å². The first-order valence-electron chi connectivity index (χ1n) is 6.97. The molecule has 2 atom stereocenters. The maximum Gasteiger partial charge on any atom is 0.302 e. The van der Waals surface area contributed by atoms with Crippen LogP contribution >= 0.6 is 0 Å². The van der Waals surface area contributed by atoms with E-state index in [-0.39, 0.29) is 5.97 Å². The van der Waals surface area contributed by atoms with E-state index in [1.807, 2.05) is 0 Å². The minimum Gasteiger partial charge on any atom is -0.469 e. The van der Waals surface area contributed by atoms with Crippen molar-refractivity contribution < 1.29 is 9.53 Å². The van der Waals surface area contributed by atoms with Crippen LogP contribution in [0.5, 0.6) is 0 Å². The monoisotopic (exact) mass is 253 g/mol. The molecule has 1 saturated heterocycles. The number of hydrogen-bond acceptors (Lipinski definition) is 3. The largest absolute Gasteiger partial charge is 0.469 e. The van der Waals surface area contributed by atoms with Gasteiger partial charge in [-0.05, 0) is 44.4 Å². The predicted octanol–water partition coefficient (Wildman–Crippen LogP) is 3.21. The standard InChI is InChI=1S/C12H21N.C3H6O2/c1-9-5-4-8-13(9)11(3)10(2)12-6-7-12;1-3(4)5-2/h9-10,12H,3-8H2,1-2H3;1-2H3/t9-,10?;/m1./s1. The molecule has 0 aromatic rings. The molecule has 0 N–H and O–H groups in total. The van der Waals surface area contributed by atoms with E-state index >= 15 is 0 Å². The molecule has 1 aliphatic heterocycles. The Kier molecular flexibility index (Phi) is 5.70. The van der Waals surface area contributed by atoms with Crippen molar-refractivity contribution in [2.24, 2.45) is 11.8 Å². The number of nitrogens with zero attached hydrogens (tertiary/aromatic N) is 1. The van der Waals surface area contributed by atoms with Crippen LogP contribution in [0.3, 0.4) is 0 Å². The molecule has 0 amide bonds. The smallest absolute Gasteiger partial charge is 0.302 e. The average Bonchev–Trinajstić information content (AvgIpc) is 3.11. The highest BCUT2D eigenvalue weighted by atomic mass is 16.5. The van der Waals surface area contributed by atoms with Crippen molar-refractivity contribution in [3.8, 4) is 0 Å². The number of carbonyl (C=O) groups is 1. The van der Waals surface area contributed by atoms with Crippen molar-refractivity contribution in [2.75, 3.05) is 13.7 Å². The van der Waals surface area contributed by atoms with Crippen LogP contribution in [-0.4, -0.2) is 30.6 Å². The Hall–Kier alpha value is -0.990. The second-order valence-corrected chi connectivity index (χ2v) is 5.50. The second-order valence-electron chi connectivity index (χ2n) is 5.50. The zero-order valence-electron chi connectivity index (χ0n) is 12.2. The minimum atomic E-state index is -0.245. The van der Waals surface area contributed by atoms with Gasteiger partial charge >= 0.3 is 5.97 Å². The molecule has 2 rings (SSSR count). The summed E-state index contributed by atoms with van der Waals surface area (Å²) in [7, 11) is 1.35. The second kappa shape index (κ2) is 6.81. The molecule has 2 aliphatic rings. The molecule has 1 saturated carbocycles.